The highest BCUT2D eigenvalue weighted by molar-refractivity contribution is 6.02. The number of nitrogens with one attached hydrogen (secondary N) is 1. The zero-order chi connectivity index (χ0) is 15.5. The number of hydrogen-bond acceptors (Lipinski definition) is 2. The molecule has 0 saturated carbocycles. The third-order valence-corrected chi connectivity index (χ3v) is 4.00. The van der Waals surface area contributed by atoms with Crippen molar-refractivity contribution in [2.24, 2.45) is 0 Å². The number of fused-ring (bicyclic) bond motifs is 2. The summed E-state index contributed by atoms with van der Waals surface area (Å²) < 4.78 is 0. The van der Waals surface area contributed by atoms with Crippen molar-refractivity contribution >= 4 is 27.5 Å². The molecule has 0 fully saturated rings. The average Bonchev–Trinajstić information content (AvgIpc) is 2.54. The summed E-state index contributed by atoms with van der Waals surface area (Å²) in [5.74, 6) is 0.0343. The zero-order valence-corrected chi connectivity index (χ0v) is 13.0. The van der Waals surface area contributed by atoms with E-state index in [0.29, 0.717) is 6.54 Å². The highest BCUT2D eigenvalue weighted by Gasteiger charge is 2.11. The van der Waals surface area contributed by atoms with E-state index >= 15 is 0 Å². The number of likely N-dealkylation sites (N-methyl/N-ethyl adjacent to an activating group) is 2. The Morgan fingerprint density at radius 1 is 1.00 bits per heavy atom. The molecule has 0 atom stereocenters. The molecule has 0 aliphatic rings. The van der Waals surface area contributed by atoms with Crippen molar-refractivity contribution in [3.05, 3.63) is 60.2 Å². The fraction of sp³-hybridized carbons (Fsp3) is 0.211. The van der Waals surface area contributed by atoms with Crippen LogP contribution in [0.2, 0.25) is 0 Å². The Kier molecular flexibility index (Phi) is 4.07. The van der Waals surface area contributed by atoms with Gasteiger partial charge in [0, 0.05) is 13.6 Å². The maximum atomic E-state index is 11.6. The minimum atomic E-state index is 0.0343. The molecule has 3 aromatic carbocycles. The van der Waals surface area contributed by atoms with Crippen molar-refractivity contribution in [1.29, 1.82) is 0 Å². The van der Waals surface area contributed by atoms with Crippen LogP contribution in [0.5, 0.6) is 0 Å². The second kappa shape index (κ2) is 6.16. The molecule has 3 aromatic rings. The number of hydrogen-bond donors (Lipinski definition) is 1. The second-order valence-corrected chi connectivity index (χ2v) is 5.64. The SMILES string of the molecule is CNC(=O)CN(C)Cc1c2ccccc2cc2ccccc12. The van der Waals surface area contributed by atoms with Crippen LogP contribution >= 0.6 is 0 Å². The van der Waals surface area contributed by atoms with Gasteiger partial charge in [-0.25, -0.2) is 0 Å². The van der Waals surface area contributed by atoms with E-state index in [1.807, 2.05) is 11.9 Å². The van der Waals surface area contributed by atoms with Crippen molar-refractivity contribution in [2.75, 3.05) is 20.6 Å². The van der Waals surface area contributed by atoms with Gasteiger partial charge in [0.2, 0.25) is 5.91 Å². The Labute approximate surface area is 130 Å². The molecular formula is C19H20N2O. The van der Waals surface area contributed by atoms with Gasteiger partial charge in [-0.3, -0.25) is 9.69 Å². The summed E-state index contributed by atoms with van der Waals surface area (Å²) in [6.45, 7) is 1.14. The van der Waals surface area contributed by atoms with E-state index in [-0.39, 0.29) is 5.91 Å². The summed E-state index contributed by atoms with van der Waals surface area (Å²) in [6, 6.07) is 19.1. The average molecular weight is 292 g/mol. The highest BCUT2D eigenvalue weighted by atomic mass is 16.1. The minimum absolute atomic E-state index is 0.0343. The lowest BCUT2D eigenvalue weighted by Gasteiger charge is -2.19. The standard InChI is InChI=1S/C19H20N2O/c1-20-19(22)13-21(2)12-18-16-9-5-3-7-14(16)11-15-8-4-6-10-17(15)18/h3-11H,12-13H2,1-2H3,(H,20,22). The van der Waals surface area contributed by atoms with Gasteiger partial charge in [0.25, 0.3) is 0 Å². The normalized spacial score (nSPS) is 11.2. The van der Waals surface area contributed by atoms with Crippen molar-refractivity contribution in [1.82, 2.24) is 10.2 Å². The maximum absolute atomic E-state index is 11.6. The van der Waals surface area contributed by atoms with Crippen LogP contribution < -0.4 is 5.32 Å². The third-order valence-electron chi connectivity index (χ3n) is 4.00. The molecule has 3 nitrogen and oxygen atoms in total. The summed E-state index contributed by atoms with van der Waals surface area (Å²) in [5.41, 5.74) is 1.28. The predicted molar refractivity (Wildman–Crippen MR) is 91.9 cm³/mol. The molecule has 0 saturated heterocycles. The monoisotopic (exact) mass is 292 g/mol. The molecule has 112 valence electrons. The molecule has 0 bridgehead atoms. The van der Waals surface area contributed by atoms with E-state index in [4.69, 9.17) is 0 Å². The molecule has 3 rings (SSSR count). The first kappa shape index (κ1) is 14.5. The van der Waals surface area contributed by atoms with Crippen molar-refractivity contribution < 1.29 is 4.79 Å². The molecule has 0 radical (unpaired) electrons. The second-order valence-electron chi connectivity index (χ2n) is 5.64. The maximum Gasteiger partial charge on any atom is 0.233 e. The number of carbonyl (C=O) groups excluding carboxylic acids is 1. The van der Waals surface area contributed by atoms with Crippen LogP contribution in [0.3, 0.4) is 0 Å². The first-order valence-electron chi connectivity index (χ1n) is 7.47. The fourth-order valence-electron chi connectivity index (χ4n) is 2.93. The lowest BCUT2D eigenvalue weighted by atomic mass is 9.96. The molecule has 0 unspecified atom stereocenters. The minimum Gasteiger partial charge on any atom is -0.358 e. The van der Waals surface area contributed by atoms with Crippen LogP contribution in [0.25, 0.3) is 21.5 Å². The molecule has 0 aliphatic heterocycles. The van der Waals surface area contributed by atoms with Crippen molar-refractivity contribution in [3.63, 3.8) is 0 Å². The lowest BCUT2D eigenvalue weighted by Crippen LogP contribution is -2.32. The number of carbonyl (C=O) groups is 1. The Morgan fingerprint density at radius 2 is 1.55 bits per heavy atom. The molecular weight excluding hydrogens is 272 g/mol. The quantitative estimate of drug-likeness (QED) is 0.749. The number of nitrogens with zero attached hydrogens (tertiary/aromatic N) is 1. The van der Waals surface area contributed by atoms with E-state index < -0.39 is 0 Å². The van der Waals surface area contributed by atoms with Gasteiger partial charge >= 0.3 is 0 Å². The van der Waals surface area contributed by atoms with E-state index in [1.165, 1.54) is 27.1 Å². The number of rotatable bonds is 4. The van der Waals surface area contributed by atoms with Gasteiger partial charge in [-0.05, 0) is 40.2 Å². The molecule has 1 N–H and O–H groups in total. The van der Waals surface area contributed by atoms with Gasteiger partial charge in [0.1, 0.15) is 0 Å². The van der Waals surface area contributed by atoms with Gasteiger partial charge < -0.3 is 5.32 Å². The van der Waals surface area contributed by atoms with Crippen molar-refractivity contribution in [3.8, 4) is 0 Å². The number of amides is 1. The van der Waals surface area contributed by atoms with Gasteiger partial charge in [-0.1, -0.05) is 48.5 Å². The van der Waals surface area contributed by atoms with Gasteiger partial charge in [0.05, 0.1) is 6.54 Å². The summed E-state index contributed by atoms with van der Waals surface area (Å²) in [4.78, 5) is 13.6. The Morgan fingerprint density at radius 3 is 2.09 bits per heavy atom. The number of benzene rings is 3. The van der Waals surface area contributed by atoms with Crippen molar-refractivity contribution in [2.45, 2.75) is 6.54 Å². The molecule has 0 heterocycles. The first-order chi connectivity index (χ1) is 10.7. The Bertz CT molecular complexity index is 772. The largest absolute Gasteiger partial charge is 0.358 e. The molecule has 0 aliphatic carbocycles. The van der Waals surface area contributed by atoms with E-state index in [1.54, 1.807) is 7.05 Å². The van der Waals surface area contributed by atoms with Crippen LogP contribution in [0, 0.1) is 0 Å². The summed E-state index contributed by atoms with van der Waals surface area (Å²) in [5, 5.41) is 7.67. The predicted octanol–water partition coefficient (Wildman–Crippen LogP) is 3.17. The molecule has 0 aromatic heterocycles. The van der Waals surface area contributed by atoms with Crippen LogP contribution in [0.15, 0.2) is 54.6 Å². The summed E-state index contributed by atoms with van der Waals surface area (Å²) in [7, 11) is 3.65. The fourth-order valence-corrected chi connectivity index (χ4v) is 2.93. The van der Waals surface area contributed by atoms with Gasteiger partial charge in [0.15, 0.2) is 0 Å². The summed E-state index contributed by atoms with van der Waals surface area (Å²) >= 11 is 0. The van der Waals surface area contributed by atoms with E-state index in [9.17, 15) is 4.79 Å². The van der Waals surface area contributed by atoms with Crippen LogP contribution in [-0.4, -0.2) is 31.4 Å². The zero-order valence-electron chi connectivity index (χ0n) is 13.0. The Balaban J connectivity index is 2.10. The molecule has 1 amide bonds. The Hall–Kier alpha value is -2.39. The van der Waals surface area contributed by atoms with Gasteiger partial charge in [-0.2, -0.15) is 0 Å². The first-order valence-corrected chi connectivity index (χ1v) is 7.47. The third kappa shape index (κ3) is 2.81. The smallest absolute Gasteiger partial charge is 0.233 e. The molecule has 22 heavy (non-hydrogen) atoms. The lowest BCUT2D eigenvalue weighted by molar-refractivity contribution is -0.121. The topological polar surface area (TPSA) is 32.3 Å². The van der Waals surface area contributed by atoms with Gasteiger partial charge in [-0.15, -0.1) is 0 Å². The molecule has 3 heteroatoms. The highest BCUT2D eigenvalue weighted by Crippen LogP contribution is 2.29. The van der Waals surface area contributed by atoms with E-state index in [2.05, 4.69) is 59.9 Å². The molecule has 0 spiro atoms. The van der Waals surface area contributed by atoms with Crippen LogP contribution in [0.1, 0.15) is 5.56 Å². The van der Waals surface area contributed by atoms with Crippen LogP contribution in [0.4, 0.5) is 0 Å². The summed E-state index contributed by atoms with van der Waals surface area (Å²) in [6.07, 6.45) is 0. The van der Waals surface area contributed by atoms with E-state index in [0.717, 1.165) is 6.54 Å². The van der Waals surface area contributed by atoms with Crippen LogP contribution in [-0.2, 0) is 11.3 Å².